The monoisotopic (exact) mass is 284 g/mol. The second kappa shape index (κ2) is 5.38. The first-order chi connectivity index (χ1) is 10.2. The second-order valence-electron chi connectivity index (χ2n) is 4.98. The van der Waals surface area contributed by atoms with Gasteiger partial charge in [-0.15, -0.1) is 10.2 Å². The number of anilines is 2. The molecule has 1 aliphatic heterocycles. The third kappa shape index (κ3) is 2.39. The van der Waals surface area contributed by atoms with Gasteiger partial charge in [0, 0.05) is 32.4 Å². The summed E-state index contributed by atoms with van der Waals surface area (Å²) < 4.78 is 1.47. The third-order valence-corrected chi connectivity index (χ3v) is 3.59. The molecule has 2 aromatic heterocycles. The predicted octanol–water partition coefficient (Wildman–Crippen LogP) is -0.132. The van der Waals surface area contributed by atoms with Crippen molar-refractivity contribution in [1.82, 2.24) is 24.9 Å². The number of nitrogens with zero attached hydrogens (tertiary/aromatic N) is 7. The molecule has 8 heteroatoms. The van der Waals surface area contributed by atoms with Crippen LogP contribution in [0.1, 0.15) is 5.56 Å². The second-order valence-corrected chi connectivity index (χ2v) is 4.98. The smallest absolute Gasteiger partial charge is 0.178 e. The van der Waals surface area contributed by atoms with Crippen molar-refractivity contribution < 1.29 is 0 Å². The SMILES string of the molecule is CN1CCN(c2nn(-c3cccnn3)c(N)c2C#N)CC1. The molecule has 3 heterocycles. The van der Waals surface area contributed by atoms with Gasteiger partial charge >= 0.3 is 0 Å². The van der Waals surface area contributed by atoms with Crippen LogP contribution in [0.15, 0.2) is 18.3 Å². The molecule has 0 amide bonds. The summed E-state index contributed by atoms with van der Waals surface area (Å²) in [5.41, 5.74) is 6.45. The lowest BCUT2D eigenvalue weighted by molar-refractivity contribution is 0.312. The summed E-state index contributed by atoms with van der Waals surface area (Å²) in [7, 11) is 2.08. The molecule has 0 spiro atoms. The molecule has 0 saturated carbocycles. The van der Waals surface area contributed by atoms with Gasteiger partial charge in [-0.2, -0.15) is 15.0 Å². The van der Waals surface area contributed by atoms with Gasteiger partial charge in [-0.1, -0.05) is 0 Å². The van der Waals surface area contributed by atoms with Crippen molar-refractivity contribution in [2.75, 3.05) is 43.9 Å². The van der Waals surface area contributed by atoms with E-state index in [0.29, 0.717) is 23.0 Å². The standard InChI is InChI=1S/C13H16N8/c1-19-5-7-20(8-6-19)13-10(9-14)12(15)21(18-13)11-3-2-4-16-17-11/h2-4H,5-8,15H2,1H3. The Bertz CT molecular complexity index is 663. The normalized spacial score (nSPS) is 15.9. The van der Waals surface area contributed by atoms with Crippen LogP contribution in [0.5, 0.6) is 0 Å². The Kier molecular flexibility index (Phi) is 3.41. The van der Waals surface area contributed by atoms with Crippen molar-refractivity contribution in [1.29, 1.82) is 5.26 Å². The Labute approximate surface area is 122 Å². The van der Waals surface area contributed by atoms with E-state index in [4.69, 9.17) is 5.73 Å². The number of aromatic nitrogens is 4. The number of hydrogen-bond acceptors (Lipinski definition) is 7. The van der Waals surface area contributed by atoms with Gasteiger partial charge in [0.25, 0.3) is 0 Å². The van der Waals surface area contributed by atoms with E-state index in [1.54, 1.807) is 18.3 Å². The molecule has 2 aromatic rings. The number of nitrogens with two attached hydrogens (primary N) is 1. The van der Waals surface area contributed by atoms with Crippen LogP contribution in [0.4, 0.5) is 11.6 Å². The maximum Gasteiger partial charge on any atom is 0.178 e. The van der Waals surface area contributed by atoms with Crippen molar-refractivity contribution >= 4 is 11.6 Å². The van der Waals surface area contributed by atoms with E-state index < -0.39 is 0 Å². The highest BCUT2D eigenvalue weighted by Gasteiger charge is 2.24. The van der Waals surface area contributed by atoms with Gasteiger partial charge in [-0.3, -0.25) is 0 Å². The van der Waals surface area contributed by atoms with E-state index in [-0.39, 0.29) is 0 Å². The molecule has 0 unspecified atom stereocenters. The van der Waals surface area contributed by atoms with Crippen LogP contribution in [0.3, 0.4) is 0 Å². The van der Waals surface area contributed by atoms with E-state index in [1.807, 2.05) is 0 Å². The van der Waals surface area contributed by atoms with E-state index >= 15 is 0 Å². The maximum absolute atomic E-state index is 9.39. The number of rotatable bonds is 2. The van der Waals surface area contributed by atoms with Crippen molar-refractivity contribution in [3.8, 4) is 11.9 Å². The van der Waals surface area contributed by atoms with Crippen LogP contribution in [0.25, 0.3) is 5.82 Å². The third-order valence-electron chi connectivity index (χ3n) is 3.59. The largest absolute Gasteiger partial charge is 0.382 e. The van der Waals surface area contributed by atoms with Gasteiger partial charge in [0.1, 0.15) is 17.5 Å². The summed E-state index contributed by atoms with van der Waals surface area (Å²) in [4.78, 5) is 4.33. The fourth-order valence-corrected chi connectivity index (χ4v) is 2.35. The van der Waals surface area contributed by atoms with Crippen molar-refractivity contribution in [3.63, 3.8) is 0 Å². The molecule has 0 aromatic carbocycles. The zero-order valence-corrected chi connectivity index (χ0v) is 11.8. The highest BCUT2D eigenvalue weighted by molar-refractivity contribution is 5.66. The van der Waals surface area contributed by atoms with E-state index in [9.17, 15) is 5.26 Å². The predicted molar refractivity (Wildman–Crippen MR) is 78.0 cm³/mol. The van der Waals surface area contributed by atoms with E-state index in [0.717, 1.165) is 26.2 Å². The van der Waals surface area contributed by atoms with Gasteiger partial charge in [0.2, 0.25) is 0 Å². The number of nitriles is 1. The summed E-state index contributed by atoms with van der Waals surface area (Å²) in [6.07, 6.45) is 1.58. The van der Waals surface area contributed by atoms with Crippen LogP contribution in [-0.2, 0) is 0 Å². The Morgan fingerprint density at radius 1 is 1.29 bits per heavy atom. The molecular weight excluding hydrogens is 268 g/mol. The van der Waals surface area contributed by atoms with Crippen LogP contribution in [0.2, 0.25) is 0 Å². The lowest BCUT2D eigenvalue weighted by Crippen LogP contribution is -2.45. The van der Waals surface area contributed by atoms with Gasteiger partial charge in [-0.05, 0) is 19.2 Å². The molecule has 1 saturated heterocycles. The average Bonchev–Trinajstić information content (AvgIpc) is 2.85. The highest BCUT2D eigenvalue weighted by atomic mass is 15.4. The molecule has 1 aliphatic rings. The summed E-state index contributed by atoms with van der Waals surface area (Å²) in [5, 5.41) is 21.7. The maximum atomic E-state index is 9.39. The van der Waals surface area contributed by atoms with Crippen LogP contribution in [-0.4, -0.2) is 58.1 Å². The molecular formula is C13H16N8. The molecule has 1 fully saturated rings. The van der Waals surface area contributed by atoms with Gasteiger partial charge in [-0.25, -0.2) is 0 Å². The van der Waals surface area contributed by atoms with E-state index in [2.05, 4.69) is 38.2 Å². The number of hydrogen-bond donors (Lipinski definition) is 1. The fraction of sp³-hybridized carbons (Fsp3) is 0.385. The lowest BCUT2D eigenvalue weighted by atomic mass is 10.2. The molecule has 0 radical (unpaired) electrons. The Hall–Kier alpha value is -2.66. The molecule has 8 nitrogen and oxygen atoms in total. The zero-order chi connectivity index (χ0) is 14.8. The average molecular weight is 284 g/mol. The van der Waals surface area contributed by atoms with Crippen LogP contribution in [0, 0.1) is 11.3 Å². The first-order valence-electron chi connectivity index (χ1n) is 6.71. The van der Waals surface area contributed by atoms with E-state index in [1.165, 1.54) is 4.68 Å². The van der Waals surface area contributed by atoms with Crippen molar-refractivity contribution in [2.24, 2.45) is 0 Å². The lowest BCUT2D eigenvalue weighted by Gasteiger charge is -2.32. The minimum Gasteiger partial charge on any atom is -0.382 e. The number of nitrogen functional groups attached to an aromatic ring is 1. The Balaban J connectivity index is 2.00. The summed E-state index contributed by atoms with van der Waals surface area (Å²) in [5.74, 6) is 1.42. The first kappa shape index (κ1) is 13.3. The molecule has 21 heavy (non-hydrogen) atoms. The molecule has 2 N–H and O–H groups in total. The molecule has 0 atom stereocenters. The zero-order valence-electron chi connectivity index (χ0n) is 11.8. The fourth-order valence-electron chi connectivity index (χ4n) is 2.35. The minimum absolute atomic E-state index is 0.298. The van der Waals surface area contributed by atoms with Crippen molar-refractivity contribution in [3.05, 3.63) is 23.9 Å². The number of piperazine rings is 1. The molecule has 108 valence electrons. The van der Waals surface area contributed by atoms with Gasteiger partial charge < -0.3 is 15.5 Å². The first-order valence-corrected chi connectivity index (χ1v) is 6.71. The van der Waals surface area contributed by atoms with Gasteiger partial charge in [0.05, 0.1) is 0 Å². The summed E-state index contributed by atoms with van der Waals surface area (Å²) in [6, 6.07) is 5.66. The summed E-state index contributed by atoms with van der Waals surface area (Å²) >= 11 is 0. The molecule has 0 bridgehead atoms. The quantitative estimate of drug-likeness (QED) is 0.819. The number of likely N-dealkylation sites (N-methyl/N-ethyl adjacent to an activating group) is 1. The highest BCUT2D eigenvalue weighted by Crippen LogP contribution is 2.26. The van der Waals surface area contributed by atoms with Crippen LogP contribution < -0.4 is 10.6 Å². The topological polar surface area (TPSA) is 99.9 Å². The summed E-state index contributed by atoms with van der Waals surface area (Å²) in [6.45, 7) is 3.51. The van der Waals surface area contributed by atoms with Crippen molar-refractivity contribution in [2.45, 2.75) is 0 Å². The Morgan fingerprint density at radius 3 is 2.67 bits per heavy atom. The Morgan fingerprint density at radius 2 is 2.05 bits per heavy atom. The molecule has 3 rings (SSSR count). The molecule has 0 aliphatic carbocycles. The van der Waals surface area contributed by atoms with Crippen LogP contribution >= 0.6 is 0 Å². The minimum atomic E-state index is 0.298. The van der Waals surface area contributed by atoms with Gasteiger partial charge in [0.15, 0.2) is 11.6 Å².